The van der Waals surface area contributed by atoms with Crippen molar-refractivity contribution >= 4 is 23.2 Å². The van der Waals surface area contributed by atoms with E-state index >= 15 is 0 Å². The molecule has 3 nitrogen and oxygen atoms in total. The van der Waals surface area contributed by atoms with Gasteiger partial charge in [0.15, 0.2) is 4.90 Å². The van der Waals surface area contributed by atoms with Gasteiger partial charge in [0.05, 0.1) is 0 Å². The normalized spacial score (nSPS) is 17.3. The van der Waals surface area contributed by atoms with E-state index in [0.717, 1.165) is 23.3 Å². The van der Waals surface area contributed by atoms with Crippen molar-refractivity contribution in [2.24, 2.45) is 5.92 Å². The summed E-state index contributed by atoms with van der Waals surface area (Å²) in [6.07, 6.45) is 2.83. The van der Waals surface area contributed by atoms with Crippen LogP contribution in [-0.4, -0.2) is 28.9 Å². The minimum atomic E-state index is -4.87. The topological polar surface area (TPSA) is 52.2 Å². The lowest BCUT2D eigenvalue weighted by Crippen LogP contribution is -2.36. The first-order chi connectivity index (χ1) is 11.4. The van der Waals surface area contributed by atoms with E-state index in [1.54, 1.807) is 35.7 Å². The van der Waals surface area contributed by atoms with Crippen LogP contribution in [0, 0.1) is 5.92 Å². The quantitative estimate of drug-likeness (QED) is 0.788. The number of halogens is 3. The molecule has 24 heavy (non-hydrogen) atoms. The summed E-state index contributed by atoms with van der Waals surface area (Å²) in [6, 6.07) is 7.12. The molecule has 7 heteroatoms. The summed E-state index contributed by atoms with van der Waals surface area (Å²) in [5.74, 6) is -0.782. The second-order valence-electron chi connectivity index (χ2n) is 5.85. The molecule has 1 amide bonds. The molecule has 1 aliphatic rings. The number of carbonyl (C=O) groups is 1. The van der Waals surface area contributed by atoms with Gasteiger partial charge in [-0.15, -0.1) is 0 Å². The van der Waals surface area contributed by atoms with Crippen LogP contribution in [0.25, 0.3) is 6.08 Å². The first-order valence-corrected chi connectivity index (χ1v) is 9.18. The molecular formula is C17H20F3NO2S. The lowest BCUT2D eigenvalue weighted by molar-refractivity contribution is -0.173. The van der Waals surface area contributed by atoms with E-state index in [-0.39, 0.29) is 6.54 Å². The van der Waals surface area contributed by atoms with Crippen molar-refractivity contribution in [2.45, 2.75) is 36.8 Å². The average molecular weight is 359 g/mol. The van der Waals surface area contributed by atoms with Gasteiger partial charge in [-0.25, -0.2) is 0 Å². The number of amides is 1. The molecule has 1 saturated carbocycles. The Kier molecular flexibility index (Phi) is 6.74. The van der Waals surface area contributed by atoms with Gasteiger partial charge in [-0.3, -0.25) is 4.79 Å². The van der Waals surface area contributed by atoms with Crippen molar-refractivity contribution < 1.29 is 22.5 Å². The molecule has 1 unspecified atom stereocenters. The second kappa shape index (κ2) is 8.58. The standard InChI is InChI=1S/C17H20F3NO2S/c18-17(19,20)16(22)21-10-4-8-13-7-3-9-15(11-13)24(23)12-14-5-1-2-6-14/h3-4,7-9,11,14H,1-2,5-6,10,12H2,(H,21,22)/b8-4+. The minimum absolute atomic E-state index is 0.215. The molecule has 0 saturated heterocycles. The van der Waals surface area contributed by atoms with Crippen LogP contribution in [0.2, 0.25) is 0 Å². The maximum atomic E-state index is 12.4. The van der Waals surface area contributed by atoms with Crippen molar-refractivity contribution in [3.63, 3.8) is 0 Å². The molecular weight excluding hydrogens is 339 g/mol. The third-order valence-electron chi connectivity index (χ3n) is 3.93. The highest BCUT2D eigenvalue weighted by molar-refractivity contribution is 7.91. The summed E-state index contributed by atoms with van der Waals surface area (Å²) < 4.78 is 48.5. The minimum Gasteiger partial charge on any atom is -0.611 e. The smallest absolute Gasteiger partial charge is 0.471 e. The van der Waals surface area contributed by atoms with E-state index in [0.29, 0.717) is 11.7 Å². The average Bonchev–Trinajstić information content (AvgIpc) is 3.03. The number of rotatable bonds is 6. The van der Waals surface area contributed by atoms with Gasteiger partial charge in [0.25, 0.3) is 0 Å². The molecule has 0 heterocycles. The zero-order chi connectivity index (χ0) is 17.6. The summed E-state index contributed by atoms with van der Waals surface area (Å²) in [4.78, 5) is 11.4. The highest BCUT2D eigenvalue weighted by Crippen LogP contribution is 2.28. The Balaban J connectivity index is 1.87. The highest BCUT2D eigenvalue weighted by Gasteiger charge is 2.37. The molecule has 0 radical (unpaired) electrons. The molecule has 0 aromatic heterocycles. The van der Waals surface area contributed by atoms with Crippen LogP contribution in [0.15, 0.2) is 35.2 Å². The third-order valence-corrected chi connectivity index (χ3v) is 5.48. The number of carbonyl (C=O) groups excluding carboxylic acids is 1. The number of hydrogen-bond acceptors (Lipinski definition) is 2. The summed E-state index contributed by atoms with van der Waals surface area (Å²) in [7, 11) is 0. The van der Waals surface area contributed by atoms with E-state index in [1.807, 2.05) is 0 Å². The van der Waals surface area contributed by atoms with Crippen LogP contribution >= 0.6 is 0 Å². The second-order valence-corrected chi connectivity index (χ2v) is 7.34. The van der Waals surface area contributed by atoms with Crippen molar-refractivity contribution in [3.8, 4) is 0 Å². The van der Waals surface area contributed by atoms with Gasteiger partial charge in [0.2, 0.25) is 0 Å². The summed E-state index contributed by atoms with van der Waals surface area (Å²) in [6.45, 7) is -0.215. The van der Waals surface area contributed by atoms with Gasteiger partial charge in [-0.05, 0) is 35.6 Å². The van der Waals surface area contributed by atoms with Crippen LogP contribution in [0.5, 0.6) is 0 Å². The summed E-state index contributed by atoms with van der Waals surface area (Å²) >= 11 is -1.06. The van der Waals surface area contributed by atoms with Crippen LogP contribution in [0.3, 0.4) is 0 Å². The van der Waals surface area contributed by atoms with Crippen molar-refractivity contribution in [1.29, 1.82) is 0 Å². The van der Waals surface area contributed by atoms with E-state index < -0.39 is 23.3 Å². The Hall–Kier alpha value is -1.47. The van der Waals surface area contributed by atoms with Gasteiger partial charge in [0, 0.05) is 18.5 Å². The molecule has 0 spiro atoms. The van der Waals surface area contributed by atoms with Gasteiger partial charge in [0.1, 0.15) is 5.75 Å². The maximum absolute atomic E-state index is 12.4. The molecule has 132 valence electrons. The fourth-order valence-corrected chi connectivity index (χ4v) is 4.15. The van der Waals surface area contributed by atoms with Gasteiger partial charge >= 0.3 is 12.1 Å². The molecule has 1 atom stereocenters. The first-order valence-electron chi connectivity index (χ1n) is 7.86. The molecule has 2 rings (SSSR count). The third kappa shape index (κ3) is 5.87. The maximum Gasteiger partial charge on any atom is 0.471 e. The van der Waals surface area contributed by atoms with Gasteiger partial charge < -0.3 is 9.87 Å². The predicted octanol–water partition coefficient (Wildman–Crippen LogP) is 3.68. The number of benzene rings is 1. The monoisotopic (exact) mass is 359 g/mol. The first kappa shape index (κ1) is 18.9. The lowest BCUT2D eigenvalue weighted by Gasteiger charge is -2.14. The number of nitrogens with one attached hydrogen (secondary N) is 1. The Morgan fingerprint density at radius 3 is 2.71 bits per heavy atom. The zero-order valence-corrected chi connectivity index (χ0v) is 14.0. The van der Waals surface area contributed by atoms with Gasteiger partial charge in [-0.1, -0.05) is 37.1 Å². The van der Waals surface area contributed by atoms with Crippen molar-refractivity contribution in [3.05, 3.63) is 35.9 Å². The fourth-order valence-electron chi connectivity index (χ4n) is 2.69. The Morgan fingerprint density at radius 2 is 2.04 bits per heavy atom. The van der Waals surface area contributed by atoms with Crippen molar-refractivity contribution in [1.82, 2.24) is 5.32 Å². The zero-order valence-electron chi connectivity index (χ0n) is 13.1. The van der Waals surface area contributed by atoms with Crippen LogP contribution < -0.4 is 5.32 Å². The van der Waals surface area contributed by atoms with Crippen LogP contribution in [0.1, 0.15) is 31.2 Å². The SMILES string of the molecule is O=C(NC/C=C/c1cccc([S+]([O-])CC2CCCC2)c1)C(F)(F)F. The largest absolute Gasteiger partial charge is 0.611 e. The molecule has 0 bridgehead atoms. The molecule has 1 N–H and O–H groups in total. The summed E-state index contributed by atoms with van der Waals surface area (Å²) in [5, 5.41) is 1.77. The van der Waals surface area contributed by atoms with Crippen LogP contribution in [0.4, 0.5) is 13.2 Å². The number of hydrogen-bond donors (Lipinski definition) is 1. The molecule has 1 aliphatic carbocycles. The Morgan fingerprint density at radius 1 is 1.33 bits per heavy atom. The van der Waals surface area contributed by atoms with E-state index in [4.69, 9.17) is 0 Å². The van der Waals surface area contributed by atoms with E-state index in [9.17, 15) is 22.5 Å². The van der Waals surface area contributed by atoms with E-state index in [1.165, 1.54) is 18.9 Å². The Labute approximate surface area is 142 Å². The molecule has 1 aromatic rings. The van der Waals surface area contributed by atoms with E-state index in [2.05, 4.69) is 0 Å². The van der Waals surface area contributed by atoms with Crippen LogP contribution in [-0.2, 0) is 16.0 Å². The molecule has 1 aromatic carbocycles. The predicted molar refractivity (Wildman–Crippen MR) is 87.8 cm³/mol. The van der Waals surface area contributed by atoms with Crippen molar-refractivity contribution in [2.75, 3.05) is 12.3 Å². The summed E-state index contributed by atoms with van der Waals surface area (Å²) in [5.41, 5.74) is 0.744. The van der Waals surface area contributed by atoms with Gasteiger partial charge in [-0.2, -0.15) is 13.2 Å². The Bertz CT molecular complexity index is 583. The fraction of sp³-hybridized carbons (Fsp3) is 0.471. The highest BCUT2D eigenvalue weighted by atomic mass is 32.2. The number of alkyl halides is 3. The molecule has 1 fully saturated rings. The lowest BCUT2D eigenvalue weighted by atomic mass is 10.1. The molecule has 0 aliphatic heterocycles.